The summed E-state index contributed by atoms with van der Waals surface area (Å²) in [5.74, 6) is -0.908. The van der Waals surface area contributed by atoms with Crippen LogP contribution in [-0.2, 0) is 4.79 Å². The van der Waals surface area contributed by atoms with Crippen LogP contribution in [0.15, 0.2) is 47.7 Å². The summed E-state index contributed by atoms with van der Waals surface area (Å²) >= 11 is 24.0. The summed E-state index contributed by atoms with van der Waals surface area (Å²) in [7, 11) is 0. The van der Waals surface area contributed by atoms with Crippen LogP contribution in [0.5, 0.6) is 0 Å². The van der Waals surface area contributed by atoms with Gasteiger partial charge in [-0.25, -0.2) is 0 Å². The van der Waals surface area contributed by atoms with E-state index >= 15 is 0 Å². The summed E-state index contributed by atoms with van der Waals surface area (Å²) in [6.07, 6.45) is 0. The number of benzene rings is 2. The van der Waals surface area contributed by atoms with Gasteiger partial charge in [-0.2, -0.15) is 5.10 Å². The Balaban J connectivity index is 1.82. The van der Waals surface area contributed by atoms with Crippen molar-refractivity contribution >= 4 is 75.3 Å². The topological polar surface area (TPSA) is 94.6 Å². The first-order valence-corrected chi connectivity index (χ1v) is 9.12. The molecule has 0 saturated carbocycles. The Morgan fingerprint density at radius 2 is 1.64 bits per heavy atom. The highest BCUT2D eigenvalue weighted by atomic mass is 35.5. The largest absolute Gasteiger partial charge is 0.321 e. The third-order valence-corrected chi connectivity index (χ3v) is 4.97. The highest BCUT2D eigenvalue weighted by Crippen LogP contribution is 2.32. The van der Waals surface area contributed by atoms with E-state index in [9.17, 15) is 9.59 Å². The molecule has 7 nitrogen and oxygen atoms in total. The van der Waals surface area contributed by atoms with Crippen LogP contribution in [0, 0.1) is 0 Å². The van der Waals surface area contributed by atoms with Crippen LogP contribution in [-0.4, -0.2) is 17.5 Å². The predicted molar refractivity (Wildman–Crippen MR) is 112 cm³/mol. The van der Waals surface area contributed by atoms with E-state index in [0.717, 1.165) is 0 Å². The molecule has 144 valence electrons. The number of anilines is 2. The standard InChI is InChI=1S/C17H11Cl4N5O2/c1-7-15(17(28)26-23-7)25-24-14-4-8(2-3-9(14)18)16(27)22-13-6-11(20)10(19)5-12(13)21/h2-6,23-24H,1H2,(H,22,27)(H,26,28). The van der Waals surface area contributed by atoms with Gasteiger partial charge in [0.2, 0.25) is 0 Å². The van der Waals surface area contributed by atoms with Crippen molar-refractivity contribution in [2.45, 2.75) is 0 Å². The smallest absolute Gasteiger partial charge is 0.292 e. The van der Waals surface area contributed by atoms with Crippen molar-refractivity contribution in [3.8, 4) is 0 Å². The summed E-state index contributed by atoms with van der Waals surface area (Å²) in [6.45, 7) is 3.64. The van der Waals surface area contributed by atoms with Gasteiger partial charge in [-0.3, -0.25) is 25.9 Å². The number of amides is 2. The maximum absolute atomic E-state index is 12.5. The number of carbonyl (C=O) groups excluding carboxylic acids is 2. The minimum absolute atomic E-state index is 0.0634. The van der Waals surface area contributed by atoms with Crippen molar-refractivity contribution in [2.24, 2.45) is 5.10 Å². The second kappa shape index (κ2) is 8.28. The number of hydrogen-bond donors (Lipinski definition) is 4. The highest BCUT2D eigenvalue weighted by Gasteiger charge is 2.22. The molecule has 2 aromatic rings. The maximum atomic E-state index is 12.5. The van der Waals surface area contributed by atoms with Crippen LogP contribution in [0.4, 0.5) is 11.4 Å². The van der Waals surface area contributed by atoms with Crippen LogP contribution in [0.1, 0.15) is 10.4 Å². The van der Waals surface area contributed by atoms with E-state index in [2.05, 4.69) is 33.3 Å². The maximum Gasteiger partial charge on any atom is 0.292 e. The number of carbonyl (C=O) groups is 2. The lowest BCUT2D eigenvalue weighted by molar-refractivity contribution is -0.114. The third kappa shape index (κ3) is 4.34. The van der Waals surface area contributed by atoms with Gasteiger partial charge in [-0.1, -0.05) is 53.0 Å². The van der Waals surface area contributed by atoms with Gasteiger partial charge in [0.1, 0.15) is 0 Å². The minimum atomic E-state index is -0.461. The first-order valence-electron chi connectivity index (χ1n) is 7.61. The summed E-state index contributed by atoms with van der Waals surface area (Å²) in [6, 6.07) is 7.37. The quantitative estimate of drug-likeness (QED) is 0.401. The Bertz CT molecular complexity index is 1020. The zero-order valence-electron chi connectivity index (χ0n) is 13.9. The van der Waals surface area contributed by atoms with Crippen molar-refractivity contribution in [3.05, 3.63) is 68.3 Å². The molecular weight excluding hydrogens is 448 g/mol. The van der Waals surface area contributed by atoms with E-state index in [0.29, 0.717) is 22.1 Å². The predicted octanol–water partition coefficient (Wildman–Crippen LogP) is 4.47. The molecule has 0 radical (unpaired) electrons. The molecule has 2 amide bonds. The fourth-order valence-electron chi connectivity index (χ4n) is 2.19. The Labute approximate surface area is 179 Å². The second-order valence-electron chi connectivity index (χ2n) is 5.52. The first-order chi connectivity index (χ1) is 13.3. The molecule has 11 heteroatoms. The van der Waals surface area contributed by atoms with Gasteiger partial charge >= 0.3 is 0 Å². The van der Waals surface area contributed by atoms with E-state index in [4.69, 9.17) is 46.4 Å². The number of rotatable bonds is 4. The van der Waals surface area contributed by atoms with E-state index in [-0.39, 0.29) is 26.3 Å². The fraction of sp³-hybridized carbons (Fsp3) is 0. The zero-order chi connectivity index (χ0) is 20.4. The molecule has 0 aliphatic carbocycles. The SMILES string of the molecule is C=C1NNC(=O)C1=NNc1cc(C(=O)Nc2cc(Cl)c(Cl)cc2Cl)ccc1Cl. The average Bonchev–Trinajstić information content (AvgIpc) is 2.97. The summed E-state index contributed by atoms with van der Waals surface area (Å²) in [5, 5.41) is 7.66. The number of hydrazone groups is 1. The molecule has 4 N–H and O–H groups in total. The molecule has 1 fully saturated rings. The molecule has 3 rings (SSSR count). The van der Waals surface area contributed by atoms with E-state index in [1.165, 1.54) is 30.3 Å². The minimum Gasteiger partial charge on any atom is -0.321 e. The van der Waals surface area contributed by atoms with Crippen LogP contribution in [0.2, 0.25) is 20.1 Å². The normalized spacial score (nSPS) is 14.6. The number of nitrogens with one attached hydrogen (secondary N) is 4. The molecule has 0 atom stereocenters. The first kappa shape index (κ1) is 20.3. The average molecular weight is 459 g/mol. The summed E-state index contributed by atoms with van der Waals surface area (Å²) in [4.78, 5) is 24.2. The number of halogens is 4. The van der Waals surface area contributed by atoms with Crippen LogP contribution in [0.3, 0.4) is 0 Å². The number of hydrogen-bond acceptors (Lipinski definition) is 5. The third-order valence-electron chi connectivity index (χ3n) is 3.60. The molecule has 1 aliphatic heterocycles. The van der Waals surface area contributed by atoms with Crippen molar-refractivity contribution in [3.63, 3.8) is 0 Å². The lowest BCUT2D eigenvalue weighted by Gasteiger charge is -2.10. The van der Waals surface area contributed by atoms with Crippen molar-refractivity contribution < 1.29 is 9.59 Å². The Morgan fingerprint density at radius 3 is 2.32 bits per heavy atom. The molecule has 28 heavy (non-hydrogen) atoms. The molecule has 0 aromatic heterocycles. The molecule has 1 heterocycles. The van der Waals surface area contributed by atoms with Gasteiger partial charge in [0.25, 0.3) is 11.8 Å². The molecule has 0 spiro atoms. The van der Waals surface area contributed by atoms with Crippen molar-refractivity contribution in [2.75, 3.05) is 10.7 Å². The summed E-state index contributed by atoms with van der Waals surface area (Å²) in [5.41, 5.74) is 8.80. The van der Waals surface area contributed by atoms with Gasteiger partial charge in [-0.05, 0) is 30.3 Å². The van der Waals surface area contributed by atoms with Gasteiger partial charge < -0.3 is 5.32 Å². The Hall–Kier alpha value is -2.45. The molecule has 2 aromatic carbocycles. The van der Waals surface area contributed by atoms with Gasteiger partial charge in [-0.15, -0.1) is 0 Å². The Morgan fingerprint density at radius 1 is 0.929 bits per heavy atom. The second-order valence-corrected chi connectivity index (χ2v) is 7.15. The summed E-state index contributed by atoms with van der Waals surface area (Å²) < 4.78 is 0. The number of nitrogens with zero attached hydrogens (tertiary/aromatic N) is 1. The van der Waals surface area contributed by atoms with Crippen LogP contribution in [0.25, 0.3) is 0 Å². The Kier molecular flexibility index (Phi) is 6.00. The number of hydrazine groups is 1. The van der Waals surface area contributed by atoms with Crippen LogP contribution >= 0.6 is 46.4 Å². The van der Waals surface area contributed by atoms with Gasteiger partial charge in [0.05, 0.1) is 37.2 Å². The lowest BCUT2D eigenvalue weighted by Crippen LogP contribution is -2.26. The monoisotopic (exact) mass is 457 g/mol. The molecule has 0 unspecified atom stereocenters. The molecular formula is C17H11Cl4N5O2. The van der Waals surface area contributed by atoms with Gasteiger partial charge in [0.15, 0.2) is 5.71 Å². The molecule has 0 bridgehead atoms. The van der Waals surface area contributed by atoms with Crippen LogP contribution < -0.4 is 21.6 Å². The fourth-order valence-corrected chi connectivity index (χ4v) is 2.94. The van der Waals surface area contributed by atoms with Crippen molar-refractivity contribution in [1.82, 2.24) is 10.9 Å². The van der Waals surface area contributed by atoms with E-state index in [1.807, 2.05) is 0 Å². The zero-order valence-corrected chi connectivity index (χ0v) is 16.9. The molecule has 1 saturated heterocycles. The van der Waals surface area contributed by atoms with E-state index < -0.39 is 11.8 Å². The highest BCUT2D eigenvalue weighted by molar-refractivity contribution is 6.47. The molecule has 1 aliphatic rings. The lowest BCUT2D eigenvalue weighted by atomic mass is 10.2. The van der Waals surface area contributed by atoms with E-state index in [1.54, 1.807) is 0 Å². The van der Waals surface area contributed by atoms with Crippen molar-refractivity contribution in [1.29, 1.82) is 0 Å². The van der Waals surface area contributed by atoms with Gasteiger partial charge in [0, 0.05) is 5.56 Å².